The van der Waals surface area contributed by atoms with Crippen molar-refractivity contribution < 1.29 is 9.53 Å². The van der Waals surface area contributed by atoms with E-state index in [0.717, 1.165) is 43.9 Å². The minimum atomic E-state index is -0.472. The van der Waals surface area contributed by atoms with Crippen LogP contribution < -0.4 is 5.32 Å². The molecule has 0 aromatic carbocycles. The van der Waals surface area contributed by atoms with Gasteiger partial charge in [0.2, 0.25) is 6.23 Å². The molecule has 0 saturated carbocycles. The third-order valence-electron chi connectivity index (χ3n) is 4.11. The number of nitrogens with zero attached hydrogens (tertiary/aromatic N) is 2. The average molecular weight is 287 g/mol. The molecular weight excluding hydrogens is 266 g/mol. The molecule has 1 saturated heterocycles. The van der Waals surface area contributed by atoms with Gasteiger partial charge in [-0.15, -0.1) is 0 Å². The molecule has 1 N–H and O–H groups in total. The van der Waals surface area contributed by atoms with Gasteiger partial charge in [0.05, 0.1) is 5.69 Å². The van der Waals surface area contributed by atoms with Crippen molar-refractivity contribution in [3.8, 4) is 0 Å². The van der Waals surface area contributed by atoms with Crippen molar-refractivity contribution in [2.45, 2.75) is 32.5 Å². The topological polar surface area (TPSA) is 54.5 Å². The molecule has 0 bridgehead atoms. The second-order valence-corrected chi connectivity index (χ2v) is 5.71. The van der Waals surface area contributed by atoms with Crippen LogP contribution in [0.1, 0.15) is 24.2 Å². The number of ether oxygens (including phenoxy) is 1. The van der Waals surface area contributed by atoms with Gasteiger partial charge in [-0.2, -0.15) is 0 Å². The number of hydrogen-bond acceptors (Lipinski definition) is 5. The number of piperidine rings is 1. The zero-order valence-electron chi connectivity index (χ0n) is 12.3. The number of carbonyl (C=O) groups excluding carboxylic acids is 1. The van der Waals surface area contributed by atoms with Gasteiger partial charge in [-0.3, -0.25) is 14.7 Å². The molecular formula is C16H21N3O2. The third-order valence-corrected chi connectivity index (χ3v) is 4.11. The maximum Gasteiger partial charge on any atom is 0.228 e. The number of rotatable bonds is 4. The van der Waals surface area contributed by atoms with Crippen LogP contribution in [0.25, 0.3) is 0 Å². The summed E-state index contributed by atoms with van der Waals surface area (Å²) in [6.45, 7) is 4.75. The van der Waals surface area contributed by atoms with E-state index < -0.39 is 6.23 Å². The zero-order chi connectivity index (χ0) is 14.7. The number of likely N-dealkylation sites (tertiary alicyclic amines) is 1. The summed E-state index contributed by atoms with van der Waals surface area (Å²) in [5.41, 5.74) is 2.15. The van der Waals surface area contributed by atoms with Crippen LogP contribution in [0.3, 0.4) is 0 Å². The fourth-order valence-corrected chi connectivity index (χ4v) is 2.94. The van der Waals surface area contributed by atoms with Crippen molar-refractivity contribution in [3.63, 3.8) is 0 Å². The van der Waals surface area contributed by atoms with E-state index >= 15 is 0 Å². The molecule has 1 aromatic rings. The first-order valence-electron chi connectivity index (χ1n) is 7.47. The molecule has 1 atom stereocenters. The molecule has 0 amide bonds. The Morgan fingerprint density at radius 1 is 1.43 bits per heavy atom. The second kappa shape index (κ2) is 6.26. The lowest BCUT2D eigenvalue weighted by Gasteiger charge is -2.31. The Balaban J connectivity index is 1.49. The first-order chi connectivity index (χ1) is 10.2. The van der Waals surface area contributed by atoms with E-state index in [-0.39, 0.29) is 11.7 Å². The van der Waals surface area contributed by atoms with Crippen molar-refractivity contribution in [2.75, 3.05) is 13.1 Å². The van der Waals surface area contributed by atoms with Gasteiger partial charge >= 0.3 is 0 Å². The lowest BCUT2D eigenvalue weighted by atomic mass is 9.91. The van der Waals surface area contributed by atoms with E-state index in [1.54, 1.807) is 12.5 Å². The number of pyridine rings is 1. The van der Waals surface area contributed by atoms with Crippen LogP contribution in [0.2, 0.25) is 0 Å². The summed E-state index contributed by atoms with van der Waals surface area (Å²) >= 11 is 0. The summed E-state index contributed by atoms with van der Waals surface area (Å²) in [4.78, 5) is 19.2. The number of ketones is 1. The fourth-order valence-electron chi connectivity index (χ4n) is 2.94. The summed E-state index contributed by atoms with van der Waals surface area (Å²) in [6.07, 6.45) is 4.54. The molecule has 2 aliphatic rings. The van der Waals surface area contributed by atoms with Gasteiger partial charge in [0.25, 0.3) is 0 Å². The average Bonchev–Trinajstić information content (AvgIpc) is 3.01. The van der Waals surface area contributed by atoms with Crippen molar-refractivity contribution in [2.24, 2.45) is 5.92 Å². The third kappa shape index (κ3) is 3.42. The number of hydrogen-bond donors (Lipinski definition) is 1. The monoisotopic (exact) mass is 287 g/mol. The zero-order valence-corrected chi connectivity index (χ0v) is 12.3. The van der Waals surface area contributed by atoms with Gasteiger partial charge in [0, 0.05) is 24.4 Å². The molecule has 1 fully saturated rings. The van der Waals surface area contributed by atoms with Crippen molar-refractivity contribution in [3.05, 3.63) is 42.0 Å². The molecule has 112 valence electrons. The van der Waals surface area contributed by atoms with Gasteiger partial charge in [-0.1, -0.05) is 6.07 Å². The molecule has 1 aromatic heterocycles. The summed E-state index contributed by atoms with van der Waals surface area (Å²) in [7, 11) is 0. The molecule has 5 heteroatoms. The Morgan fingerprint density at radius 2 is 2.24 bits per heavy atom. The van der Waals surface area contributed by atoms with Gasteiger partial charge in [0.1, 0.15) is 6.26 Å². The standard InChI is InChI=1S/C16H21N3O2/c1-12-3-2-4-14(18-12)11-19-8-5-13(6-9-19)15(20)16-17-7-10-21-16/h2-4,7,10,13,16-17H,5-6,8-9,11H2,1H3. The molecule has 1 unspecified atom stereocenters. The number of nitrogens with one attached hydrogen (secondary N) is 1. The number of carbonyl (C=O) groups is 1. The Hall–Kier alpha value is -1.88. The van der Waals surface area contributed by atoms with Gasteiger partial charge < -0.3 is 10.1 Å². The first kappa shape index (κ1) is 14.1. The number of Topliss-reactive ketones (excluding diaryl/α,β-unsaturated/α-hetero) is 1. The highest BCUT2D eigenvalue weighted by Gasteiger charge is 2.31. The summed E-state index contributed by atoms with van der Waals surface area (Å²) in [5, 5.41) is 2.94. The summed E-state index contributed by atoms with van der Waals surface area (Å²) in [5.74, 6) is 0.275. The normalized spacial score (nSPS) is 22.8. The van der Waals surface area contributed by atoms with Crippen LogP contribution in [0, 0.1) is 12.8 Å². The van der Waals surface area contributed by atoms with Crippen LogP contribution >= 0.6 is 0 Å². The largest absolute Gasteiger partial charge is 0.469 e. The fraction of sp³-hybridized carbons (Fsp3) is 0.500. The van der Waals surface area contributed by atoms with Crippen molar-refractivity contribution in [1.29, 1.82) is 0 Å². The molecule has 5 nitrogen and oxygen atoms in total. The SMILES string of the molecule is Cc1cccc(CN2CCC(C(=O)C3NC=CO3)CC2)n1. The predicted octanol–water partition coefficient (Wildman–Crippen LogP) is 1.59. The molecule has 0 aliphatic carbocycles. The van der Waals surface area contributed by atoms with Crippen molar-refractivity contribution >= 4 is 5.78 Å². The predicted molar refractivity (Wildman–Crippen MR) is 79.1 cm³/mol. The number of aryl methyl sites for hydroxylation is 1. The van der Waals surface area contributed by atoms with Gasteiger partial charge in [0.15, 0.2) is 5.78 Å². The van der Waals surface area contributed by atoms with Crippen LogP contribution in [0.15, 0.2) is 30.7 Å². The summed E-state index contributed by atoms with van der Waals surface area (Å²) in [6, 6.07) is 6.12. The maximum atomic E-state index is 12.3. The van der Waals surface area contributed by atoms with E-state index in [9.17, 15) is 4.79 Å². The first-order valence-corrected chi connectivity index (χ1v) is 7.47. The Morgan fingerprint density at radius 3 is 2.90 bits per heavy atom. The van der Waals surface area contributed by atoms with E-state index in [2.05, 4.69) is 21.3 Å². The second-order valence-electron chi connectivity index (χ2n) is 5.71. The van der Waals surface area contributed by atoms with Crippen LogP contribution in [-0.2, 0) is 16.1 Å². The van der Waals surface area contributed by atoms with Gasteiger partial charge in [-0.05, 0) is 45.0 Å². The minimum absolute atomic E-state index is 0.101. The molecule has 3 rings (SSSR count). The highest BCUT2D eigenvalue weighted by molar-refractivity contribution is 5.85. The molecule has 0 spiro atoms. The molecule has 21 heavy (non-hydrogen) atoms. The number of aromatic nitrogens is 1. The Labute approximate surface area is 125 Å². The van der Waals surface area contributed by atoms with Crippen LogP contribution in [-0.4, -0.2) is 35.0 Å². The van der Waals surface area contributed by atoms with Crippen LogP contribution in [0.4, 0.5) is 0 Å². The van der Waals surface area contributed by atoms with Crippen molar-refractivity contribution in [1.82, 2.24) is 15.2 Å². The van der Waals surface area contributed by atoms with E-state index in [1.165, 1.54) is 0 Å². The van der Waals surface area contributed by atoms with Gasteiger partial charge in [-0.25, -0.2) is 0 Å². The van der Waals surface area contributed by atoms with E-state index in [1.807, 2.05) is 19.1 Å². The summed E-state index contributed by atoms with van der Waals surface area (Å²) < 4.78 is 5.24. The lowest BCUT2D eigenvalue weighted by molar-refractivity contribution is -0.133. The Kier molecular flexibility index (Phi) is 4.20. The van der Waals surface area contributed by atoms with Crippen LogP contribution in [0.5, 0.6) is 0 Å². The molecule has 0 radical (unpaired) electrons. The molecule has 2 aliphatic heterocycles. The smallest absolute Gasteiger partial charge is 0.228 e. The lowest BCUT2D eigenvalue weighted by Crippen LogP contribution is -2.42. The maximum absolute atomic E-state index is 12.3. The van der Waals surface area contributed by atoms with E-state index in [0.29, 0.717) is 0 Å². The molecule has 3 heterocycles. The minimum Gasteiger partial charge on any atom is -0.469 e. The quantitative estimate of drug-likeness (QED) is 0.911. The highest BCUT2D eigenvalue weighted by atomic mass is 16.5. The Bertz CT molecular complexity index is 528. The van der Waals surface area contributed by atoms with E-state index in [4.69, 9.17) is 4.74 Å². The highest BCUT2D eigenvalue weighted by Crippen LogP contribution is 2.21.